The van der Waals surface area contributed by atoms with Crippen LogP contribution in [0.2, 0.25) is 0 Å². The molecule has 2 bridgehead atoms. The van der Waals surface area contributed by atoms with Gasteiger partial charge in [-0.05, 0) is 43.4 Å². The van der Waals surface area contributed by atoms with Crippen LogP contribution >= 0.6 is 12.6 Å². The first kappa shape index (κ1) is 5.06. The van der Waals surface area contributed by atoms with E-state index in [-0.39, 0.29) is 0 Å². The van der Waals surface area contributed by atoms with Gasteiger partial charge in [0, 0.05) is 4.75 Å². The van der Waals surface area contributed by atoms with E-state index in [0.717, 1.165) is 11.3 Å². The van der Waals surface area contributed by atoms with Crippen molar-refractivity contribution < 1.29 is 0 Å². The maximum absolute atomic E-state index is 4.66. The highest BCUT2D eigenvalue weighted by Gasteiger charge is 2.69. The van der Waals surface area contributed by atoms with Crippen LogP contribution in [0, 0.1) is 11.3 Å². The molecule has 0 amide bonds. The van der Waals surface area contributed by atoms with E-state index < -0.39 is 0 Å². The summed E-state index contributed by atoms with van der Waals surface area (Å²) in [5.74, 6) is 1.14. The molecule has 4 saturated carbocycles. The molecule has 4 rings (SSSR count). The smallest absolute Gasteiger partial charge is 0.0140 e. The monoisotopic (exact) mass is 140 g/mol. The predicted molar refractivity (Wildman–Crippen MR) is 40.7 cm³/mol. The fourth-order valence-corrected chi connectivity index (χ4v) is 3.91. The standard InChI is InChI=1S/C8H12S/c9-8-2-1-6-3-7(6,4-8)5-8/h6,9H,1-5H2. The van der Waals surface area contributed by atoms with Crippen LogP contribution in [-0.4, -0.2) is 4.75 Å². The highest BCUT2D eigenvalue weighted by molar-refractivity contribution is 7.81. The van der Waals surface area contributed by atoms with Gasteiger partial charge in [-0.15, -0.1) is 0 Å². The van der Waals surface area contributed by atoms with Crippen molar-refractivity contribution >= 4 is 12.6 Å². The van der Waals surface area contributed by atoms with Gasteiger partial charge < -0.3 is 0 Å². The van der Waals surface area contributed by atoms with E-state index in [0.29, 0.717) is 4.75 Å². The Kier molecular flexibility index (Phi) is 0.612. The first-order valence-electron chi connectivity index (χ1n) is 3.95. The van der Waals surface area contributed by atoms with Gasteiger partial charge in [0.1, 0.15) is 0 Å². The van der Waals surface area contributed by atoms with Crippen molar-refractivity contribution in [2.45, 2.75) is 36.9 Å². The lowest BCUT2D eigenvalue weighted by Gasteiger charge is -2.50. The SMILES string of the molecule is SC12CCC3CC3(C1)C2. The first-order chi connectivity index (χ1) is 4.23. The molecular weight excluding hydrogens is 128 g/mol. The molecule has 0 radical (unpaired) electrons. The van der Waals surface area contributed by atoms with Gasteiger partial charge >= 0.3 is 0 Å². The number of rotatable bonds is 0. The number of hydrogen-bond acceptors (Lipinski definition) is 1. The maximum atomic E-state index is 4.66. The molecule has 0 aromatic carbocycles. The van der Waals surface area contributed by atoms with Gasteiger partial charge in [0.05, 0.1) is 0 Å². The lowest BCUT2D eigenvalue weighted by molar-refractivity contribution is 0.128. The first-order valence-corrected chi connectivity index (χ1v) is 4.40. The van der Waals surface area contributed by atoms with Crippen molar-refractivity contribution in [2.75, 3.05) is 0 Å². The largest absolute Gasteiger partial charge is 0.172 e. The van der Waals surface area contributed by atoms with Crippen LogP contribution in [0.25, 0.3) is 0 Å². The number of fused-ring (bicyclic) bond motifs is 1. The van der Waals surface area contributed by atoms with E-state index in [2.05, 4.69) is 12.6 Å². The summed E-state index contributed by atoms with van der Waals surface area (Å²) in [5.41, 5.74) is 0.875. The summed E-state index contributed by atoms with van der Waals surface area (Å²) < 4.78 is 0.521. The second kappa shape index (κ2) is 1.09. The molecule has 4 aliphatic carbocycles. The molecule has 0 aliphatic heterocycles. The molecule has 4 aliphatic rings. The third-order valence-corrected chi connectivity index (χ3v) is 4.22. The van der Waals surface area contributed by atoms with Gasteiger partial charge in [-0.25, -0.2) is 0 Å². The highest BCUT2D eigenvalue weighted by atomic mass is 32.1. The number of hydrogen-bond donors (Lipinski definition) is 1. The summed E-state index contributed by atoms with van der Waals surface area (Å²) >= 11 is 4.66. The topological polar surface area (TPSA) is 0 Å². The van der Waals surface area contributed by atoms with Crippen LogP contribution in [0.3, 0.4) is 0 Å². The lowest BCUT2D eigenvalue weighted by Crippen LogP contribution is -2.44. The zero-order valence-electron chi connectivity index (χ0n) is 5.56. The molecule has 50 valence electrons. The van der Waals surface area contributed by atoms with Crippen LogP contribution in [0.4, 0.5) is 0 Å². The molecule has 0 N–H and O–H groups in total. The Morgan fingerprint density at radius 3 is 2.67 bits per heavy atom. The van der Waals surface area contributed by atoms with Gasteiger partial charge in [-0.2, -0.15) is 12.6 Å². The minimum Gasteiger partial charge on any atom is -0.172 e. The summed E-state index contributed by atoms with van der Waals surface area (Å²) in [5, 5.41) is 0. The van der Waals surface area contributed by atoms with Crippen molar-refractivity contribution in [3.63, 3.8) is 0 Å². The van der Waals surface area contributed by atoms with Gasteiger partial charge in [0.2, 0.25) is 0 Å². The van der Waals surface area contributed by atoms with E-state index >= 15 is 0 Å². The van der Waals surface area contributed by atoms with E-state index in [4.69, 9.17) is 0 Å². The van der Waals surface area contributed by atoms with Gasteiger partial charge in [0.25, 0.3) is 0 Å². The Balaban J connectivity index is 1.96. The fourth-order valence-electron chi connectivity index (χ4n) is 3.15. The van der Waals surface area contributed by atoms with Crippen molar-refractivity contribution in [1.82, 2.24) is 0 Å². The molecule has 0 aromatic heterocycles. The molecule has 0 aromatic rings. The van der Waals surface area contributed by atoms with Crippen molar-refractivity contribution in [3.8, 4) is 0 Å². The highest BCUT2D eigenvalue weighted by Crippen LogP contribution is 2.76. The van der Waals surface area contributed by atoms with Gasteiger partial charge in [-0.3, -0.25) is 0 Å². The summed E-state index contributed by atoms with van der Waals surface area (Å²) in [6, 6.07) is 0. The summed E-state index contributed by atoms with van der Waals surface area (Å²) in [7, 11) is 0. The van der Waals surface area contributed by atoms with Crippen molar-refractivity contribution in [2.24, 2.45) is 11.3 Å². The Bertz CT molecular complexity index is 165. The zero-order chi connectivity index (χ0) is 6.11. The molecule has 1 atom stereocenters. The van der Waals surface area contributed by atoms with Crippen LogP contribution in [0.15, 0.2) is 0 Å². The molecule has 1 spiro atoms. The molecule has 1 heteroatoms. The second-order valence-corrected chi connectivity index (χ2v) is 5.33. The average molecular weight is 140 g/mol. The van der Waals surface area contributed by atoms with Crippen LogP contribution < -0.4 is 0 Å². The third kappa shape index (κ3) is 0.450. The Hall–Kier alpha value is 0.350. The third-order valence-electron chi connectivity index (χ3n) is 3.68. The summed E-state index contributed by atoms with van der Waals surface area (Å²) in [6.07, 6.45) is 7.35. The minimum absolute atomic E-state index is 0.521. The average Bonchev–Trinajstić information content (AvgIpc) is 2.37. The summed E-state index contributed by atoms with van der Waals surface area (Å²) in [4.78, 5) is 0. The molecule has 0 saturated heterocycles. The lowest BCUT2D eigenvalue weighted by atomic mass is 9.63. The number of thiol groups is 1. The van der Waals surface area contributed by atoms with E-state index in [1.54, 1.807) is 6.42 Å². The van der Waals surface area contributed by atoms with Crippen LogP contribution in [0.1, 0.15) is 32.1 Å². The zero-order valence-corrected chi connectivity index (χ0v) is 6.45. The molecule has 4 fully saturated rings. The molecule has 0 heterocycles. The molecule has 9 heavy (non-hydrogen) atoms. The Labute approximate surface area is 61.4 Å². The van der Waals surface area contributed by atoms with Crippen molar-refractivity contribution in [1.29, 1.82) is 0 Å². The summed E-state index contributed by atoms with van der Waals surface area (Å²) in [6.45, 7) is 0. The Morgan fingerprint density at radius 2 is 2.11 bits per heavy atom. The Morgan fingerprint density at radius 1 is 1.33 bits per heavy atom. The van der Waals surface area contributed by atoms with Crippen LogP contribution in [0.5, 0.6) is 0 Å². The van der Waals surface area contributed by atoms with E-state index in [9.17, 15) is 0 Å². The second-order valence-electron chi connectivity index (χ2n) is 4.38. The molecule has 0 nitrogen and oxygen atoms in total. The fraction of sp³-hybridized carbons (Fsp3) is 1.00. The van der Waals surface area contributed by atoms with Gasteiger partial charge in [-0.1, -0.05) is 0 Å². The van der Waals surface area contributed by atoms with Crippen molar-refractivity contribution in [3.05, 3.63) is 0 Å². The maximum Gasteiger partial charge on any atom is 0.0140 e. The quantitative estimate of drug-likeness (QED) is 0.490. The normalized spacial score (nSPS) is 68.3. The van der Waals surface area contributed by atoms with Gasteiger partial charge in [0.15, 0.2) is 0 Å². The molecule has 1 unspecified atom stereocenters. The predicted octanol–water partition coefficient (Wildman–Crippen LogP) is 2.25. The minimum atomic E-state index is 0.521. The van der Waals surface area contributed by atoms with E-state index in [1.165, 1.54) is 25.7 Å². The van der Waals surface area contributed by atoms with Crippen LogP contribution in [-0.2, 0) is 0 Å². The molecular formula is C8H12S. The van der Waals surface area contributed by atoms with E-state index in [1.807, 2.05) is 0 Å².